The minimum absolute atomic E-state index is 0.556. The van der Waals surface area contributed by atoms with Gasteiger partial charge in [-0.1, -0.05) is 30.0 Å². The minimum atomic E-state index is 0.556. The van der Waals surface area contributed by atoms with Crippen molar-refractivity contribution in [2.75, 3.05) is 25.3 Å². The fraction of sp³-hybridized carbons (Fsp3) is 0.167. The summed E-state index contributed by atoms with van der Waals surface area (Å²) in [5, 5.41) is 2.54. The molecule has 0 radical (unpaired) electrons. The number of nitrogens with one attached hydrogen (secondary N) is 1. The topological polar surface area (TPSA) is 67.1 Å². The van der Waals surface area contributed by atoms with Gasteiger partial charge in [-0.25, -0.2) is 15.0 Å². The summed E-state index contributed by atoms with van der Waals surface area (Å²) in [5.74, 6) is 0.619. The van der Waals surface area contributed by atoms with Gasteiger partial charge in [-0.05, 0) is 12.1 Å². The molecule has 0 amide bonds. The van der Waals surface area contributed by atoms with Crippen molar-refractivity contribution in [1.29, 1.82) is 0 Å². The molecule has 6 heteroatoms. The van der Waals surface area contributed by atoms with Crippen LogP contribution in [0.4, 0.5) is 11.5 Å². The molecule has 0 aliphatic rings. The Bertz CT molecular complexity index is 515. The standard InChI is InChI=1S/C12H15N5S/c1-17(2)16-11-10(13)12(15-8-14-11)18-9-6-4-3-5-7-9/h3-8H,13H2,1-2H3,(H,14,15,16). The number of nitrogens with zero attached hydrogens (tertiary/aromatic N) is 3. The lowest BCUT2D eigenvalue weighted by Gasteiger charge is -2.15. The highest BCUT2D eigenvalue weighted by atomic mass is 32.2. The first-order chi connectivity index (χ1) is 8.66. The van der Waals surface area contributed by atoms with Gasteiger partial charge in [0.1, 0.15) is 17.0 Å². The van der Waals surface area contributed by atoms with Gasteiger partial charge in [-0.3, -0.25) is 0 Å². The maximum atomic E-state index is 6.04. The second-order valence-corrected chi connectivity index (χ2v) is 4.92. The number of nitrogen functional groups attached to an aromatic ring is 1. The van der Waals surface area contributed by atoms with E-state index in [1.165, 1.54) is 18.1 Å². The van der Waals surface area contributed by atoms with Crippen molar-refractivity contribution in [3.63, 3.8) is 0 Å². The molecule has 2 rings (SSSR count). The van der Waals surface area contributed by atoms with E-state index in [1.54, 1.807) is 5.01 Å². The number of hydrogen-bond donors (Lipinski definition) is 2. The maximum absolute atomic E-state index is 6.04. The molecule has 3 N–H and O–H groups in total. The van der Waals surface area contributed by atoms with E-state index in [2.05, 4.69) is 15.4 Å². The Morgan fingerprint density at radius 3 is 2.56 bits per heavy atom. The molecule has 0 saturated heterocycles. The average Bonchev–Trinajstić information content (AvgIpc) is 2.35. The first-order valence-corrected chi connectivity index (χ1v) is 6.26. The number of rotatable bonds is 4. The van der Waals surface area contributed by atoms with Crippen LogP contribution < -0.4 is 11.2 Å². The summed E-state index contributed by atoms with van der Waals surface area (Å²) in [4.78, 5) is 9.42. The third kappa shape index (κ3) is 3.12. The van der Waals surface area contributed by atoms with Gasteiger partial charge in [0.05, 0.1) is 0 Å². The van der Waals surface area contributed by atoms with Crippen LogP contribution in [-0.2, 0) is 0 Å². The molecule has 0 saturated carbocycles. The van der Waals surface area contributed by atoms with Crippen LogP contribution in [0.2, 0.25) is 0 Å². The van der Waals surface area contributed by atoms with Crippen LogP contribution in [0.3, 0.4) is 0 Å². The Labute approximate surface area is 110 Å². The largest absolute Gasteiger partial charge is 0.393 e. The first kappa shape index (κ1) is 12.7. The molecule has 1 heterocycles. The summed E-state index contributed by atoms with van der Waals surface area (Å²) in [6.45, 7) is 0. The van der Waals surface area contributed by atoms with E-state index >= 15 is 0 Å². The predicted molar refractivity (Wildman–Crippen MR) is 74.3 cm³/mol. The van der Waals surface area contributed by atoms with Crippen molar-refractivity contribution >= 4 is 23.3 Å². The van der Waals surface area contributed by atoms with Gasteiger partial charge in [-0.15, -0.1) is 0 Å². The molecule has 5 nitrogen and oxygen atoms in total. The van der Waals surface area contributed by atoms with Gasteiger partial charge in [0.25, 0.3) is 0 Å². The van der Waals surface area contributed by atoms with Crippen LogP contribution in [0.15, 0.2) is 46.6 Å². The number of anilines is 2. The summed E-state index contributed by atoms with van der Waals surface area (Å²) in [6, 6.07) is 9.99. The van der Waals surface area contributed by atoms with Crippen molar-refractivity contribution in [3.05, 3.63) is 36.7 Å². The van der Waals surface area contributed by atoms with Crippen molar-refractivity contribution in [1.82, 2.24) is 15.0 Å². The van der Waals surface area contributed by atoms with Crippen molar-refractivity contribution < 1.29 is 0 Å². The first-order valence-electron chi connectivity index (χ1n) is 5.44. The molecule has 1 aromatic heterocycles. The molecule has 0 bridgehead atoms. The van der Waals surface area contributed by atoms with E-state index in [9.17, 15) is 0 Å². The average molecular weight is 261 g/mol. The zero-order chi connectivity index (χ0) is 13.0. The Kier molecular flexibility index (Phi) is 4.01. The smallest absolute Gasteiger partial charge is 0.168 e. The predicted octanol–water partition coefficient (Wildman–Crippen LogP) is 2.10. The van der Waals surface area contributed by atoms with Gasteiger partial charge < -0.3 is 11.2 Å². The summed E-state index contributed by atoms with van der Waals surface area (Å²) < 4.78 is 0. The highest BCUT2D eigenvalue weighted by Gasteiger charge is 2.09. The second kappa shape index (κ2) is 5.70. The molecular formula is C12H15N5S. The molecule has 0 aliphatic carbocycles. The van der Waals surface area contributed by atoms with Crippen LogP contribution in [0.1, 0.15) is 0 Å². The van der Waals surface area contributed by atoms with Crippen LogP contribution in [0, 0.1) is 0 Å². The van der Waals surface area contributed by atoms with Gasteiger partial charge in [0, 0.05) is 19.0 Å². The Morgan fingerprint density at radius 1 is 1.17 bits per heavy atom. The second-order valence-electron chi connectivity index (χ2n) is 3.86. The summed E-state index contributed by atoms with van der Waals surface area (Å²) in [7, 11) is 3.76. The van der Waals surface area contributed by atoms with E-state index in [0.717, 1.165) is 9.92 Å². The van der Waals surface area contributed by atoms with E-state index in [-0.39, 0.29) is 0 Å². The van der Waals surface area contributed by atoms with E-state index in [0.29, 0.717) is 11.5 Å². The molecular weight excluding hydrogens is 246 g/mol. The fourth-order valence-electron chi connectivity index (χ4n) is 1.36. The van der Waals surface area contributed by atoms with E-state index in [1.807, 2.05) is 44.4 Å². The molecule has 0 spiro atoms. The highest BCUT2D eigenvalue weighted by molar-refractivity contribution is 7.99. The summed E-state index contributed by atoms with van der Waals surface area (Å²) >= 11 is 1.52. The third-order valence-electron chi connectivity index (χ3n) is 2.13. The van der Waals surface area contributed by atoms with Crippen molar-refractivity contribution in [3.8, 4) is 0 Å². The zero-order valence-corrected chi connectivity index (χ0v) is 11.1. The van der Waals surface area contributed by atoms with E-state index < -0.39 is 0 Å². The van der Waals surface area contributed by atoms with Crippen LogP contribution in [0.5, 0.6) is 0 Å². The fourth-order valence-corrected chi connectivity index (χ4v) is 2.18. The van der Waals surface area contributed by atoms with Crippen LogP contribution in [0.25, 0.3) is 0 Å². The maximum Gasteiger partial charge on any atom is 0.168 e. The van der Waals surface area contributed by atoms with Crippen LogP contribution >= 0.6 is 11.8 Å². The number of aromatic nitrogens is 2. The molecule has 94 valence electrons. The Balaban J connectivity index is 2.23. The van der Waals surface area contributed by atoms with Gasteiger partial charge >= 0.3 is 0 Å². The molecule has 0 unspecified atom stereocenters. The lowest BCUT2D eigenvalue weighted by Crippen LogP contribution is -2.21. The Hall–Kier alpha value is -1.79. The van der Waals surface area contributed by atoms with Gasteiger partial charge in [0.2, 0.25) is 0 Å². The lowest BCUT2D eigenvalue weighted by molar-refractivity contribution is 0.492. The quantitative estimate of drug-likeness (QED) is 0.649. The number of nitrogens with two attached hydrogens (primary N) is 1. The van der Waals surface area contributed by atoms with Crippen molar-refractivity contribution in [2.45, 2.75) is 9.92 Å². The van der Waals surface area contributed by atoms with Crippen molar-refractivity contribution in [2.24, 2.45) is 0 Å². The lowest BCUT2D eigenvalue weighted by atomic mass is 10.4. The van der Waals surface area contributed by atoms with Gasteiger partial charge in [-0.2, -0.15) is 0 Å². The number of hydrogen-bond acceptors (Lipinski definition) is 6. The molecule has 1 aromatic carbocycles. The highest BCUT2D eigenvalue weighted by Crippen LogP contribution is 2.32. The number of hydrazine groups is 1. The molecule has 18 heavy (non-hydrogen) atoms. The van der Waals surface area contributed by atoms with E-state index in [4.69, 9.17) is 5.73 Å². The number of benzene rings is 1. The Morgan fingerprint density at radius 2 is 1.89 bits per heavy atom. The molecule has 0 atom stereocenters. The SMILES string of the molecule is CN(C)Nc1ncnc(Sc2ccccc2)c1N. The molecule has 0 fully saturated rings. The minimum Gasteiger partial charge on any atom is -0.393 e. The zero-order valence-electron chi connectivity index (χ0n) is 10.3. The monoisotopic (exact) mass is 261 g/mol. The van der Waals surface area contributed by atoms with Gasteiger partial charge in [0.15, 0.2) is 5.82 Å². The summed E-state index contributed by atoms with van der Waals surface area (Å²) in [6.07, 6.45) is 1.51. The van der Waals surface area contributed by atoms with Crippen LogP contribution in [-0.4, -0.2) is 29.1 Å². The molecule has 2 aromatic rings. The summed E-state index contributed by atoms with van der Waals surface area (Å²) in [5.41, 5.74) is 9.64. The normalized spacial score (nSPS) is 10.6. The molecule has 0 aliphatic heterocycles. The third-order valence-corrected chi connectivity index (χ3v) is 3.16.